The van der Waals surface area contributed by atoms with Gasteiger partial charge in [0.25, 0.3) is 0 Å². The van der Waals surface area contributed by atoms with Gasteiger partial charge in [-0.1, -0.05) is 23.7 Å². The second-order valence-corrected chi connectivity index (χ2v) is 6.11. The van der Waals surface area contributed by atoms with Crippen LogP contribution in [0.2, 0.25) is 5.02 Å². The zero-order chi connectivity index (χ0) is 17.9. The van der Waals surface area contributed by atoms with Crippen LogP contribution >= 0.6 is 11.6 Å². The van der Waals surface area contributed by atoms with Crippen LogP contribution in [-0.2, 0) is 0 Å². The van der Waals surface area contributed by atoms with Gasteiger partial charge < -0.3 is 10.1 Å². The minimum absolute atomic E-state index is 0.155. The second kappa shape index (κ2) is 7.59. The summed E-state index contributed by atoms with van der Waals surface area (Å²) in [5.41, 5.74) is 1.73. The third-order valence-corrected chi connectivity index (χ3v) is 4.36. The number of piperazine rings is 1. The summed E-state index contributed by atoms with van der Waals surface area (Å²) in [6.07, 6.45) is -1.46. The number of alkyl halides is 3. The molecule has 0 unspecified atom stereocenters. The van der Waals surface area contributed by atoms with Crippen LogP contribution in [0.5, 0.6) is 5.75 Å². The summed E-state index contributed by atoms with van der Waals surface area (Å²) in [6, 6.07) is 7.63. The number of halogens is 4. The molecule has 2 aromatic rings. The summed E-state index contributed by atoms with van der Waals surface area (Å²) in [5, 5.41) is 3.82. The van der Waals surface area contributed by atoms with E-state index >= 15 is 0 Å². The number of ether oxygens (including phenoxy) is 1. The zero-order valence-electron chi connectivity index (χ0n) is 13.3. The molecular weight excluding hydrogens is 355 g/mol. The molecule has 8 heteroatoms. The fourth-order valence-corrected chi connectivity index (χ4v) is 3.21. The van der Waals surface area contributed by atoms with Crippen molar-refractivity contribution in [2.24, 2.45) is 0 Å². The van der Waals surface area contributed by atoms with Gasteiger partial charge in [0.05, 0.1) is 11.1 Å². The third kappa shape index (κ3) is 4.62. The summed E-state index contributed by atoms with van der Waals surface area (Å²) < 4.78 is 41.0. The number of hydrogen-bond acceptors (Lipinski definition) is 4. The molecule has 1 aromatic carbocycles. The highest BCUT2D eigenvalue weighted by atomic mass is 35.5. The molecule has 1 saturated heterocycles. The molecule has 0 aliphatic carbocycles. The van der Waals surface area contributed by atoms with Crippen molar-refractivity contribution in [1.82, 2.24) is 15.2 Å². The lowest BCUT2D eigenvalue weighted by Crippen LogP contribution is -2.45. The maximum atomic E-state index is 12.3. The van der Waals surface area contributed by atoms with Gasteiger partial charge in [0.2, 0.25) is 0 Å². The van der Waals surface area contributed by atoms with Gasteiger partial charge >= 0.3 is 6.36 Å². The number of nitrogens with one attached hydrogen (secondary N) is 1. The van der Waals surface area contributed by atoms with E-state index in [1.807, 2.05) is 6.07 Å². The van der Waals surface area contributed by atoms with Crippen LogP contribution in [0, 0.1) is 0 Å². The molecule has 25 heavy (non-hydrogen) atoms. The van der Waals surface area contributed by atoms with E-state index in [-0.39, 0.29) is 11.8 Å². The number of aromatic nitrogens is 1. The Hall–Kier alpha value is -1.83. The first-order valence-electron chi connectivity index (χ1n) is 7.84. The zero-order valence-corrected chi connectivity index (χ0v) is 14.0. The van der Waals surface area contributed by atoms with Gasteiger partial charge in [-0.3, -0.25) is 9.88 Å². The van der Waals surface area contributed by atoms with Crippen LogP contribution in [0.25, 0.3) is 0 Å². The predicted molar refractivity (Wildman–Crippen MR) is 88.7 cm³/mol. The molecule has 0 spiro atoms. The first-order valence-corrected chi connectivity index (χ1v) is 8.22. The van der Waals surface area contributed by atoms with Gasteiger partial charge in [0.15, 0.2) is 0 Å². The number of benzene rings is 1. The molecule has 2 heterocycles. The van der Waals surface area contributed by atoms with E-state index < -0.39 is 6.36 Å². The Bertz CT molecular complexity index is 703. The summed E-state index contributed by atoms with van der Waals surface area (Å²) in [5.74, 6) is -0.240. The Morgan fingerprint density at radius 2 is 1.80 bits per heavy atom. The van der Waals surface area contributed by atoms with Crippen LogP contribution in [0.15, 0.2) is 42.7 Å². The molecule has 1 aliphatic rings. The minimum atomic E-state index is -4.70. The Labute approximate surface area is 148 Å². The maximum Gasteiger partial charge on any atom is 0.573 e. The lowest BCUT2D eigenvalue weighted by molar-refractivity contribution is -0.274. The highest BCUT2D eigenvalue weighted by molar-refractivity contribution is 6.31. The maximum absolute atomic E-state index is 12.3. The Morgan fingerprint density at radius 1 is 1.12 bits per heavy atom. The van der Waals surface area contributed by atoms with Crippen molar-refractivity contribution < 1.29 is 17.9 Å². The van der Waals surface area contributed by atoms with Crippen LogP contribution < -0.4 is 10.1 Å². The van der Waals surface area contributed by atoms with E-state index in [1.54, 1.807) is 24.5 Å². The highest BCUT2D eigenvalue weighted by Gasteiger charge is 2.31. The van der Waals surface area contributed by atoms with Gasteiger partial charge in [-0.15, -0.1) is 13.2 Å². The summed E-state index contributed by atoms with van der Waals surface area (Å²) in [6.45, 7) is 3.30. The van der Waals surface area contributed by atoms with Gasteiger partial charge in [-0.2, -0.15) is 0 Å². The Kier molecular flexibility index (Phi) is 5.46. The average molecular weight is 372 g/mol. The average Bonchev–Trinajstić information content (AvgIpc) is 2.58. The topological polar surface area (TPSA) is 37.4 Å². The molecular formula is C17H17ClF3N3O. The molecule has 1 N–H and O–H groups in total. The Balaban J connectivity index is 1.93. The van der Waals surface area contributed by atoms with Crippen molar-refractivity contribution in [2.75, 3.05) is 26.2 Å². The minimum Gasteiger partial charge on any atom is -0.406 e. The van der Waals surface area contributed by atoms with Gasteiger partial charge in [0, 0.05) is 38.6 Å². The van der Waals surface area contributed by atoms with Crippen molar-refractivity contribution in [2.45, 2.75) is 12.4 Å². The molecule has 0 bridgehead atoms. The molecule has 134 valence electrons. The lowest BCUT2D eigenvalue weighted by Gasteiger charge is -2.36. The van der Waals surface area contributed by atoms with Gasteiger partial charge in [-0.25, -0.2) is 0 Å². The fourth-order valence-electron chi connectivity index (χ4n) is 2.99. The standard InChI is InChI=1S/C17H17ClF3N3O/c18-15-11-23-6-5-14(15)16(24-9-7-22-8-10-24)12-1-3-13(4-2-12)25-17(19,20)21/h1-6,11,16,22H,7-10H2/t16-/m0/s1. The molecule has 0 saturated carbocycles. The van der Waals surface area contributed by atoms with E-state index in [2.05, 4.69) is 19.9 Å². The molecule has 1 aromatic heterocycles. The van der Waals surface area contributed by atoms with E-state index in [0.29, 0.717) is 5.02 Å². The monoisotopic (exact) mass is 371 g/mol. The van der Waals surface area contributed by atoms with Crippen LogP contribution in [-0.4, -0.2) is 42.4 Å². The lowest BCUT2D eigenvalue weighted by atomic mass is 9.97. The quantitative estimate of drug-likeness (QED) is 0.890. The molecule has 4 nitrogen and oxygen atoms in total. The number of rotatable bonds is 4. The molecule has 0 amide bonds. The van der Waals surface area contributed by atoms with Crippen molar-refractivity contribution in [3.8, 4) is 5.75 Å². The van der Waals surface area contributed by atoms with Crippen LogP contribution in [0.3, 0.4) is 0 Å². The summed E-state index contributed by atoms with van der Waals surface area (Å²) in [4.78, 5) is 6.26. The highest BCUT2D eigenvalue weighted by Crippen LogP contribution is 2.34. The normalized spacial score (nSPS) is 17.3. The second-order valence-electron chi connectivity index (χ2n) is 5.70. The molecule has 1 fully saturated rings. The van der Waals surface area contributed by atoms with E-state index in [1.165, 1.54) is 12.1 Å². The van der Waals surface area contributed by atoms with Crippen LogP contribution in [0.1, 0.15) is 17.2 Å². The summed E-state index contributed by atoms with van der Waals surface area (Å²) >= 11 is 6.33. The van der Waals surface area contributed by atoms with Crippen molar-refractivity contribution in [3.63, 3.8) is 0 Å². The van der Waals surface area contributed by atoms with E-state index in [4.69, 9.17) is 11.6 Å². The van der Waals surface area contributed by atoms with Crippen LogP contribution in [0.4, 0.5) is 13.2 Å². The number of nitrogens with zero attached hydrogens (tertiary/aromatic N) is 2. The van der Waals surface area contributed by atoms with Crippen molar-refractivity contribution >= 4 is 11.6 Å². The van der Waals surface area contributed by atoms with Gasteiger partial charge in [-0.05, 0) is 29.3 Å². The first kappa shape index (κ1) is 18.0. The predicted octanol–water partition coefficient (Wildman–Crippen LogP) is 3.63. The molecule has 3 rings (SSSR count). The number of hydrogen-bond donors (Lipinski definition) is 1. The van der Waals surface area contributed by atoms with E-state index in [9.17, 15) is 13.2 Å². The smallest absolute Gasteiger partial charge is 0.406 e. The molecule has 0 radical (unpaired) electrons. The van der Waals surface area contributed by atoms with Gasteiger partial charge in [0.1, 0.15) is 5.75 Å². The fraction of sp³-hybridized carbons (Fsp3) is 0.353. The summed E-state index contributed by atoms with van der Waals surface area (Å²) in [7, 11) is 0. The Morgan fingerprint density at radius 3 is 2.40 bits per heavy atom. The van der Waals surface area contributed by atoms with Crippen molar-refractivity contribution in [3.05, 3.63) is 58.9 Å². The van der Waals surface area contributed by atoms with Crippen molar-refractivity contribution in [1.29, 1.82) is 0 Å². The number of pyridine rings is 1. The SMILES string of the molecule is FC(F)(F)Oc1ccc([C@@H](c2ccncc2Cl)N2CCNCC2)cc1. The molecule has 1 aliphatic heterocycles. The third-order valence-electron chi connectivity index (χ3n) is 4.04. The first-order chi connectivity index (χ1) is 11.9. The largest absolute Gasteiger partial charge is 0.573 e. The van der Waals surface area contributed by atoms with E-state index in [0.717, 1.165) is 37.3 Å². The molecule has 1 atom stereocenters.